The highest BCUT2D eigenvalue weighted by Gasteiger charge is 2.20. The van der Waals surface area contributed by atoms with Crippen LogP contribution in [0.2, 0.25) is 0 Å². The first-order valence-corrected chi connectivity index (χ1v) is 10.4. The summed E-state index contributed by atoms with van der Waals surface area (Å²) in [5.41, 5.74) is 5.90. The van der Waals surface area contributed by atoms with Gasteiger partial charge in [0.1, 0.15) is 11.6 Å². The summed E-state index contributed by atoms with van der Waals surface area (Å²) < 4.78 is 7.44. The lowest BCUT2D eigenvalue weighted by Gasteiger charge is -2.17. The lowest BCUT2D eigenvalue weighted by Crippen LogP contribution is -2.29. The number of para-hydroxylation sites is 2. The van der Waals surface area contributed by atoms with Gasteiger partial charge in [-0.05, 0) is 62.2 Å². The van der Waals surface area contributed by atoms with E-state index in [4.69, 9.17) is 9.72 Å². The minimum atomic E-state index is -0.251. The predicted octanol–water partition coefficient (Wildman–Crippen LogP) is 5.20. The molecule has 0 aliphatic carbocycles. The summed E-state index contributed by atoms with van der Waals surface area (Å²) >= 11 is 0. The molecule has 1 N–H and O–H groups in total. The van der Waals surface area contributed by atoms with Crippen LogP contribution in [-0.2, 0) is 6.54 Å². The van der Waals surface area contributed by atoms with Crippen LogP contribution in [0.4, 0.5) is 0 Å². The highest BCUT2D eigenvalue weighted by molar-refractivity contribution is 5.96. The summed E-state index contributed by atoms with van der Waals surface area (Å²) in [6, 6.07) is 21.7. The van der Waals surface area contributed by atoms with Gasteiger partial charge in [-0.2, -0.15) is 0 Å². The van der Waals surface area contributed by atoms with Crippen LogP contribution in [0, 0.1) is 13.8 Å². The molecule has 5 nitrogen and oxygen atoms in total. The van der Waals surface area contributed by atoms with Crippen molar-refractivity contribution in [2.75, 3.05) is 7.11 Å². The van der Waals surface area contributed by atoms with E-state index >= 15 is 0 Å². The molecule has 1 atom stereocenters. The second-order valence-corrected chi connectivity index (χ2v) is 7.91. The summed E-state index contributed by atoms with van der Waals surface area (Å²) in [5.74, 6) is 1.57. The molecule has 0 saturated heterocycles. The van der Waals surface area contributed by atoms with Crippen LogP contribution in [0.1, 0.15) is 45.8 Å². The number of aromatic nitrogens is 2. The molecule has 3 aromatic carbocycles. The summed E-state index contributed by atoms with van der Waals surface area (Å²) in [6.45, 7) is 6.63. The minimum absolute atomic E-state index is 0.0898. The van der Waals surface area contributed by atoms with Crippen LogP contribution < -0.4 is 10.1 Å². The number of carbonyl (C=O) groups excluding carboxylic acids is 1. The number of hydrogen-bond donors (Lipinski definition) is 1. The van der Waals surface area contributed by atoms with Crippen molar-refractivity contribution in [3.05, 3.63) is 94.8 Å². The average Bonchev–Trinajstić information content (AvgIpc) is 3.13. The van der Waals surface area contributed by atoms with Crippen LogP contribution in [0.3, 0.4) is 0 Å². The van der Waals surface area contributed by atoms with Crippen molar-refractivity contribution in [3.8, 4) is 5.75 Å². The molecule has 31 heavy (non-hydrogen) atoms. The van der Waals surface area contributed by atoms with Gasteiger partial charge in [-0.3, -0.25) is 4.79 Å². The molecule has 1 amide bonds. The van der Waals surface area contributed by atoms with Crippen molar-refractivity contribution in [2.24, 2.45) is 0 Å². The zero-order valence-electron chi connectivity index (χ0n) is 18.3. The molecule has 5 heteroatoms. The van der Waals surface area contributed by atoms with Gasteiger partial charge in [-0.1, -0.05) is 42.0 Å². The van der Waals surface area contributed by atoms with Gasteiger partial charge in [0.2, 0.25) is 0 Å². The van der Waals surface area contributed by atoms with Crippen molar-refractivity contribution in [3.63, 3.8) is 0 Å². The van der Waals surface area contributed by atoms with E-state index < -0.39 is 0 Å². The molecule has 0 aliphatic rings. The fourth-order valence-electron chi connectivity index (χ4n) is 3.91. The van der Waals surface area contributed by atoms with Crippen molar-refractivity contribution >= 4 is 16.9 Å². The van der Waals surface area contributed by atoms with E-state index in [1.54, 1.807) is 7.11 Å². The highest BCUT2D eigenvalue weighted by Crippen LogP contribution is 2.24. The third kappa shape index (κ3) is 4.31. The normalized spacial score (nSPS) is 12.0. The van der Waals surface area contributed by atoms with Crippen LogP contribution in [0.15, 0.2) is 66.7 Å². The Morgan fingerprint density at radius 2 is 1.81 bits per heavy atom. The standard InChI is InChI=1S/C26H27N3O2/c1-17-9-14-22(18(2)15-17)26(30)27-19(3)25-28-23-7-5-6-8-24(23)29(25)16-20-10-12-21(31-4)13-11-20/h5-15,19H,16H2,1-4H3,(H,27,30). The Morgan fingerprint density at radius 3 is 2.52 bits per heavy atom. The van der Waals surface area contributed by atoms with Crippen molar-refractivity contribution in [2.45, 2.75) is 33.4 Å². The Balaban J connectivity index is 1.65. The third-order valence-corrected chi connectivity index (χ3v) is 5.55. The number of ether oxygens (including phenoxy) is 1. The quantitative estimate of drug-likeness (QED) is 0.473. The fourth-order valence-corrected chi connectivity index (χ4v) is 3.91. The number of amides is 1. The number of imidazole rings is 1. The molecule has 1 heterocycles. The minimum Gasteiger partial charge on any atom is -0.497 e. The SMILES string of the molecule is COc1ccc(Cn2c(C(C)NC(=O)c3ccc(C)cc3C)nc3ccccc32)cc1. The van der Waals surface area contributed by atoms with E-state index in [2.05, 4.69) is 28.1 Å². The molecule has 158 valence electrons. The van der Waals surface area contributed by atoms with E-state index in [-0.39, 0.29) is 11.9 Å². The van der Waals surface area contributed by atoms with Crippen molar-refractivity contribution in [1.29, 1.82) is 0 Å². The summed E-state index contributed by atoms with van der Waals surface area (Å²) in [5, 5.41) is 3.14. The monoisotopic (exact) mass is 413 g/mol. The molecular formula is C26H27N3O2. The van der Waals surface area contributed by atoms with Gasteiger partial charge in [0.25, 0.3) is 5.91 Å². The number of rotatable bonds is 6. The number of nitrogens with zero attached hydrogens (tertiary/aromatic N) is 2. The number of benzene rings is 3. The largest absolute Gasteiger partial charge is 0.497 e. The Kier molecular flexibility index (Phi) is 5.76. The zero-order chi connectivity index (χ0) is 22.0. The van der Waals surface area contributed by atoms with Crippen LogP contribution in [0.5, 0.6) is 5.75 Å². The van der Waals surface area contributed by atoms with Crippen LogP contribution >= 0.6 is 0 Å². The molecule has 0 spiro atoms. The Morgan fingerprint density at radius 1 is 1.06 bits per heavy atom. The average molecular weight is 414 g/mol. The second-order valence-electron chi connectivity index (χ2n) is 7.91. The first kappa shape index (κ1) is 20.7. The van der Waals surface area contributed by atoms with Gasteiger partial charge in [-0.25, -0.2) is 4.98 Å². The Labute approximate surface area is 182 Å². The number of carbonyl (C=O) groups is 1. The fraction of sp³-hybridized carbons (Fsp3) is 0.231. The van der Waals surface area contributed by atoms with Gasteiger partial charge in [-0.15, -0.1) is 0 Å². The lowest BCUT2D eigenvalue weighted by molar-refractivity contribution is 0.0937. The number of methoxy groups -OCH3 is 1. The van der Waals surface area contributed by atoms with E-state index in [9.17, 15) is 4.79 Å². The van der Waals surface area contributed by atoms with Crippen LogP contribution in [0.25, 0.3) is 11.0 Å². The van der Waals surface area contributed by atoms with E-state index in [1.807, 2.05) is 69.3 Å². The maximum absolute atomic E-state index is 13.0. The molecule has 4 aromatic rings. The molecule has 0 bridgehead atoms. The van der Waals surface area contributed by atoms with Crippen molar-refractivity contribution in [1.82, 2.24) is 14.9 Å². The van der Waals surface area contributed by atoms with E-state index in [1.165, 1.54) is 0 Å². The summed E-state index contributed by atoms with van der Waals surface area (Å²) in [4.78, 5) is 17.8. The van der Waals surface area contributed by atoms with Gasteiger partial charge in [0.05, 0.1) is 24.2 Å². The summed E-state index contributed by atoms with van der Waals surface area (Å²) in [6.07, 6.45) is 0. The number of nitrogens with one attached hydrogen (secondary N) is 1. The van der Waals surface area contributed by atoms with Gasteiger partial charge >= 0.3 is 0 Å². The molecule has 1 aromatic heterocycles. The Hall–Kier alpha value is -3.60. The first-order valence-electron chi connectivity index (χ1n) is 10.4. The molecular weight excluding hydrogens is 386 g/mol. The molecule has 1 unspecified atom stereocenters. The lowest BCUT2D eigenvalue weighted by atomic mass is 10.0. The summed E-state index contributed by atoms with van der Waals surface area (Å²) in [7, 11) is 1.66. The molecule has 0 radical (unpaired) electrons. The van der Waals surface area contributed by atoms with Gasteiger partial charge in [0.15, 0.2) is 0 Å². The molecule has 0 fully saturated rings. The molecule has 4 rings (SSSR count). The predicted molar refractivity (Wildman–Crippen MR) is 124 cm³/mol. The smallest absolute Gasteiger partial charge is 0.252 e. The number of hydrogen-bond acceptors (Lipinski definition) is 3. The third-order valence-electron chi connectivity index (χ3n) is 5.55. The highest BCUT2D eigenvalue weighted by atomic mass is 16.5. The number of aryl methyl sites for hydroxylation is 2. The first-order chi connectivity index (χ1) is 15.0. The molecule has 0 aliphatic heterocycles. The second kappa shape index (κ2) is 8.64. The van der Waals surface area contributed by atoms with Gasteiger partial charge in [0, 0.05) is 12.1 Å². The van der Waals surface area contributed by atoms with E-state index in [0.717, 1.165) is 39.3 Å². The van der Waals surface area contributed by atoms with Crippen LogP contribution in [-0.4, -0.2) is 22.6 Å². The van der Waals surface area contributed by atoms with Gasteiger partial charge < -0.3 is 14.6 Å². The molecule has 0 saturated carbocycles. The maximum Gasteiger partial charge on any atom is 0.252 e. The topological polar surface area (TPSA) is 56.1 Å². The maximum atomic E-state index is 13.0. The Bertz CT molecular complexity index is 1230. The zero-order valence-corrected chi connectivity index (χ0v) is 18.3. The van der Waals surface area contributed by atoms with Crippen molar-refractivity contribution < 1.29 is 9.53 Å². The number of fused-ring (bicyclic) bond motifs is 1. The van der Waals surface area contributed by atoms with E-state index in [0.29, 0.717) is 12.1 Å².